The second-order valence-electron chi connectivity index (χ2n) is 3.83. The van der Waals surface area contributed by atoms with E-state index < -0.39 is 6.04 Å². The van der Waals surface area contributed by atoms with Crippen LogP contribution in [0.5, 0.6) is 0 Å². The largest absolute Gasteiger partial charge is 0.463 e. The molecule has 1 aliphatic rings. The number of amides is 1. The number of hydrogen-bond donors (Lipinski definition) is 1. The SMILES string of the molecule is C=C(C)C(=O)N1CCC[C@H]1C(=O)OCCS. The third-order valence-corrected chi connectivity index (χ3v) is 2.67. The molecule has 1 heterocycles. The highest BCUT2D eigenvalue weighted by atomic mass is 32.1. The Balaban J connectivity index is 2.61. The number of thiol groups is 1. The summed E-state index contributed by atoms with van der Waals surface area (Å²) in [5, 5.41) is 0. The van der Waals surface area contributed by atoms with Crippen molar-refractivity contribution >= 4 is 24.5 Å². The van der Waals surface area contributed by atoms with Crippen LogP contribution in [0.3, 0.4) is 0 Å². The molecule has 1 atom stereocenters. The highest BCUT2D eigenvalue weighted by Crippen LogP contribution is 2.20. The fourth-order valence-electron chi connectivity index (χ4n) is 1.74. The lowest BCUT2D eigenvalue weighted by atomic mass is 10.2. The van der Waals surface area contributed by atoms with Crippen molar-refractivity contribution in [3.8, 4) is 0 Å². The normalized spacial score (nSPS) is 19.6. The summed E-state index contributed by atoms with van der Waals surface area (Å²) in [4.78, 5) is 24.9. The molecule has 4 nitrogen and oxygen atoms in total. The quantitative estimate of drug-likeness (QED) is 0.456. The van der Waals surface area contributed by atoms with Gasteiger partial charge in [0.25, 0.3) is 0 Å². The van der Waals surface area contributed by atoms with Gasteiger partial charge in [0.15, 0.2) is 0 Å². The van der Waals surface area contributed by atoms with Gasteiger partial charge in [0.05, 0.1) is 0 Å². The first kappa shape index (κ1) is 13.1. The van der Waals surface area contributed by atoms with E-state index in [-0.39, 0.29) is 18.5 Å². The van der Waals surface area contributed by atoms with Crippen LogP contribution in [0.25, 0.3) is 0 Å². The van der Waals surface area contributed by atoms with Crippen LogP contribution in [-0.2, 0) is 14.3 Å². The van der Waals surface area contributed by atoms with Crippen LogP contribution >= 0.6 is 12.6 Å². The van der Waals surface area contributed by atoms with E-state index in [2.05, 4.69) is 19.2 Å². The molecular weight excluding hydrogens is 226 g/mol. The molecule has 0 unspecified atom stereocenters. The summed E-state index contributed by atoms with van der Waals surface area (Å²) in [6, 6.07) is -0.441. The monoisotopic (exact) mass is 243 g/mol. The van der Waals surface area contributed by atoms with Gasteiger partial charge in [0.2, 0.25) is 5.91 Å². The van der Waals surface area contributed by atoms with Gasteiger partial charge in [-0.05, 0) is 19.8 Å². The van der Waals surface area contributed by atoms with E-state index in [1.807, 2.05) is 0 Å². The van der Waals surface area contributed by atoms with Crippen LogP contribution < -0.4 is 0 Å². The van der Waals surface area contributed by atoms with E-state index in [9.17, 15) is 9.59 Å². The Labute approximate surface area is 101 Å². The minimum absolute atomic E-state index is 0.162. The molecule has 0 aromatic heterocycles. The predicted octanol–water partition coefficient (Wildman–Crippen LogP) is 1.03. The molecular formula is C11H17NO3S. The van der Waals surface area contributed by atoms with Crippen LogP contribution in [0, 0.1) is 0 Å². The molecule has 1 saturated heterocycles. The molecule has 1 fully saturated rings. The zero-order valence-electron chi connectivity index (χ0n) is 9.44. The average molecular weight is 243 g/mol. The van der Waals surface area contributed by atoms with E-state index in [0.29, 0.717) is 24.3 Å². The minimum Gasteiger partial charge on any atom is -0.463 e. The van der Waals surface area contributed by atoms with Crippen LogP contribution in [0.4, 0.5) is 0 Å². The molecule has 16 heavy (non-hydrogen) atoms. The zero-order valence-corrected chi connectivity index (χ0v) is 10.3. The van der Waals surface area contributed by atoms with Gasteiger partial charge in [0.1, 0.15) is 12.6 Å². The molecule has 1 rings (SSSR count). The first-order chi connectivity index (χ1) is 7.57. The fourth-order valence-corrected chi connectivity index (χ4v) is 1.83. The molecule has 0 saturated carbocycles. The summed E-state index contributed by atoms with van der Waals surface area (Å²) in [5.41, 5.74) is 0.453. The maximum Gasteiger partial charge on any atom is 0.328 e. The van der Waals surface area contributed by atoms with Gasteiger partial charge < -0.3 is 9.64 Å². The molecule has 90 valence electrons. The Kier molecular flexibility index (Phi) is 4.86. The van der Waals surface area contributed by atoms with Gasteiger partial charge in [-0.3, -0.25) is 4.79 Å². The standard InChI is InChI=1S/C11H17NO3S/c1-8(2)10(13)12-5-3-4-9(12)11(14)15-6-7-16/h9,16H,1,3-7H2,2H3/t9-/m0/s1. The lowest BCUT2D eigenvalue weighted by Gasteiger charge is -2.23. The molecule has 0 spiro atoms. The van der Waals surface area contributed by atoms with Gasteiger partial charge in [0, 0.05) is 17.9 Å². The summed E-state index contributed by atoms with van der Waals surface area (Å²) in [5.74, 6) is -0.00106. The molecule has 0 N–H and O–H groups in total. The summed E-state index contributed by atoms with van der Waals surface area (Å²) >= 11 is 3.96. The minimum atomic E-state index is -0.441. The number of likely N-dealkylation sites (tertiary alicyclic amines) is 1. The van der Waals surface area contributed by atoms with Crippen molar-refractivity contribution in [2.45, 2.75) is 25.8 Å². The third-order valence-electron chi connectivity index (χ3n) is 2.49. The zero-order chi connectivity index (χ0) is 12.1. The number of rotatable bonds is 4. The number of ether oxygens (including phenoxy) is 1. The lowest BCUT2D eigenvalue weighted by Crippen LogP contribution is -2.41. The van der Waals surface area contributed by atoms with E-state index >= 15 is 0 Å². The molecule has 1 aliphatic heterocycles. The Morgan fingerprint density at radius 3 is 2.81 bits per heavy atom. The third kappa shape index (κ3) is 3.01. The van der Waals surface area contributed by atoms with Crippen molar-refractivity contribution in [2.75, 3.05) is 18.9 Å². The summed E-state index contributed by atoms with van der Waals surface area (Å²) in [6.07, 6.45) is 1.50. The maximum atomic E-state index is 11.7. The lowest BCUT2D eigenvalue weighted by molar-refractivity contribution is -0.151. The van der Waals surface area contributed by atoms with E-state index in [4.69, 9.17) is 4.74 Å². The molecule has 0 aliphatic carbocycles. The van der Waals surface area contributed by atoms with Crippen molar-refractivity contribution in [1.82, 2.24) is 4.90 Å². The van der Waals surface area contributed by atoms with Crippen molar-refractivity contribution in [3.63, 3.8) is 0 Å². The predicted molar refractivity (Wildman–Crippen MR) is 64.4 cm³/mol. The molecule has 0 aromatic carbocycles. The first-order valence-electron chi connectivity index (χ1n) is 5.32. The van der Waals surface area contributed by atoms with Crippen LogP contribution in [0.1, 0.15) is 19.8 Å². The molecule has 1 amide bonds. The fraction of sp³-hybridized carbons (Fsp3) is 0.636. The Morgan fingerprint density at radius 2 is 2.25 bits per heavy atom. The first-order valence-corrected chi connectivity index (χ1v) is 5.95. The van der Waals surface area contributed by atoms with E-state index in [0.717, 1.165) is 6.42 Å². The Bertz CT molecular complexity index is 304. The Morgan fingerprint density at radius 1 is 1.56 bits per heavy atom. The van der Waals surface area contributed by atoms with Crippen molar-refractivity contribution in [3.05, 3.63) is 12.2 Å². The van der Waals surface area contributed by atoms with E-state index in [1.165, 1.54) is 0 Å². The van der Waals surface area contributed by atoms with Gasteiger partial charge in [-0.1, -0.05) is 6.58 Å². The van der Waals surface area contributed by atoms with E-state index in [1.54, 1.807) is 11.8 Å². The highest BCUT2D eigenvalue weighted by Gasteiger charge is 2.35. The topological polar surface area (TPSA) is 46.6 Å². The van der Waals surface area contributed by atoms with Gasteiger partial charge in [-0.2, -0.15) is 12.6 Å². The van der Waals surface area contributed by atoms with Crippen molar-refractivity contribution in [2.24, 2.45) is 0 Å². The smallest absolute Gasteiger partial charge is 0.328 e. The summed E-state index contributed by atoms with van der Waals surface area (Å²) in [7, 11) is 0. The molecule has 0 bridgehead atoms. The van der Waals surface area contributed by atoms with Gasteiger partial charge >= 0.3 is 5.97 Å². The number of carbonyl (C=O) groups excluding carboxylic acids is 2. The van der Waals surface area contributed by atoms with Crippen LogP contribution in [0.15, 0.2) is 12.2 Å². The number of carbonyl (C=O) groups is 2. The van der Waals surface area contributed by atoms with Crippen LogP contribution in [0.2, 0.25) is 0 Å². The highest BCUT2D eigenvalue weighted by molar-refractivity contribution is 7.80. The molecule has 0 aromatic rings. The summed E-state index contributed by atoms with van der Waals surface area (Å²) < 4.78 is 5.00. The maximum absolute atomic E-state index is 11.7. The molecule has 0 radical (unpaired) electrons. The number of esters is 1. The van der Waals surface area contributed by atoms with Gasteiger partial charge in [-0.15, -0.1) is 0 Å². The molecule has 5 heteroatoms. The number of hydrogen-bond acceptors (Lipinski definition) is 4. The van der Waals surface area contributed by atoms with Crippen molar-refractivity contribution in [1.29, 1.82) is 0 Å². The second-order valence-corrected chi connectivity index (χ2v) is 4.28. The Hall–Kier alpha value is -0.970. The second kappa shape index (κ2) is 5.94. The van der Waals surface area contributed by atoms with Gasteiger partial charge in [-0.25, -0.2) is 4.79 Å². The van der Waals surface area contributed by atoms with Crippen LogP contribution in [-0.4, -0.2) is 41.7 Å². The average Bonchev–Trinajstić information content (AvgIpc) is 2.73. The van der Waals surface area contributed by atoms with Crippen molar-refractivity contribution < 1.29 is 14.3 Å². The number of nitrogens with zero attached hydrogens (tertiary/aromatic N) is 1. The summed E-state index contributed by atoms with van der Waals surface area (Å²) in [6.45, 7) is 6.14.